The van der Waals surface area contributed by atoms with Gasteiger partial charge in [0.05, 0.1) is 6.61 Å². The molecule has 0 aliphatic carbocycles. The molecular weight excluding hydrogens is 242 g/mol. The Morgan fingerprint density at radius 3 is 2.22 bits per heavy atom. The van der Waals surface area contributed by atoms with Crippen LogP contribution in [0.3, 0.4) is 0 Å². The lowest BCUT2D eigenvalue weighted by atomic mass is 10.0. The molecule has 5 N–H and O–H groups in total. The predicted molar refractivity (Wildman–Crippen MR) is 60.5 cm³/mol. The molecule has 0 saturated heterocycles. The molecule has 0 aliphatic heterocycles. The molecule has 1 aromatic rings. The number of rotatable bonds is 6. The Hall–Kier alpha value is -1.06. The maximum absolute atomic E-state index is 9.80. The van der Waals surface area contributed by atoms with Crippen LogP contribution in [0.25, 0.3) is 0 Å². The number of hydrogen-bond acceptors (Lipinski definition) is 7. The van der Waals surface area contributed by atoms with Crippen LogP contribution in [0.15, 0.2) is 0 Å². The molecule has 104 valence electrons. The summed E-state index contributed by atoms with van der Waals surface area (Å²) in [6.07, 6.45) is -6.44. The molecule has 1 rings (SSSR count). The molecule has 0 spiro atoms. The molecule has 4 atom stereocenters. The average Bonchev–Trinajstić information content (AvgIpc) is 2.76. The van der Waals surface area contributed by atoms with Gasteiger partial charge in [-0.05, 0) is 13.8 Å². The fourth-order valence-corrected chi connectivity index (χ4v) is 1.54. The van der Waals surface area contributed by atoms with E-state index >= 15 is 0 Å². The first-order valence-electron chi connectivity index (χ1n) is 5.66. The highest BCUT2D eigenvalue weighted by Gasteiger charge is 2.33. The summed E-state index contributed by atoms with van der Waals surface area (Å²) in [4.78, 5) is 3.96. The number of aliphatic hydroxyl groups is 5. The number of aromatic nitrogens is 3. The number of nitrogens with zero attached hydrogens (tertiary/aromatic N) is 3. The molecule has 8 nitrogen and oxygen atoms in total. The zero-order valence-corrected chi connectivity index (χ0v) is 10.3. The Morgan fingerprint density at radius 2 is 1.78 bits per heavy atom. The monoisotopic (exact) mass is 261 g/mol. The molecule has 18 heavy (non-hydrogen) atoms. The third kappa shape index (κ3) is 3.03. The topological polar surface area (TPSA) is 132 Å². The predicted octanol–water partition coefficient (Wildman–Crippen LogP) is -2.29. The second-order valence-corrected chi connectivity index (χ2v) is 4.01. The highest BCUT2D eigenvalue weighted by molar-refractivity contribution is 4.98. The highest BCUT2D eigenvalue weighted by atomic mass is 16.4. The maximum Gasteiger partial charge on any atom is 0.182 e. The van der Waals surface area contributed by atoms with Crippen LogP contribution in [0.4, 0.5) is 0 Å². The maximum atomic E-state index is 9.80. The smallest absolute Gasteiger partial charge is 0.182 e. The van der Waals surface area contributed by atoms with E-state index in [4.69, 9.17) is 5.11 Å². The van der Waals surface area contributed by atoms with Gasteiger partial charge in [-0.2, -0.15) is 5.10 Å². The zero-order chi connectivity index (χ0) is 13.9. The Labute approximate surface area is 104 Å². The van der Waals surface area contributed by atoms with Gasteiger partial charge in [0, 0.05) is 6.54 Å². The normalized spacial score (nSPS) is 18.4. The Bertz CT molecular complexity index is 384. The van der Waals surface area contributed by atoms with Gasteiger partial charge in [0.25, 0.3) is 0 Å². The van der Waals surface area contributed by atoms with E-state index in [9.17, 15) is 20.4 Å². The van der Waals surface area contributed by atoms with E-state index in [0.29, 0.717) is 12.4 Å². The van der Waals surface area contributed by atoms with Crippen molar-refractivity contribution in [2.75, 3.05) is 6.61 Å². The van der Waals surface area contributed by atoms with Gasteiger partial charge in [0.2, 0.25) is 0 Å². The summed E-state index contributed by atoms with van der Waals surface area (Å²) in [6, 6.07) is 0. The zero-order valence-electron chi connectivity index (χ0n) is 10.3. The van der Waals surface area contributed by atoms with Crippen LogP contribution >= 0.6 is 0 Å². The molecule has 0 fully saturated rings. The van der Waals surface area contributed by atoms with Gasteiger partial charge in [0.15, 0.2) is 5.82 Å². The molecule has 0 saturated carbocycles. The van der Waals surface area contributed by atoms with Crippen molar-refractivity contribution in [3.63, 3.8) is 0 Å². The summed E-state index contributed by atoms with van der Waals surface area (Å²) >= 11 is 0. The van der Waals surface area contributed by atoms with Gasteiger partial charge in [-0.25, -0.2) is 4.98 Å². The lowest BCUT2D eigenvalue weighted by Crippen LogP contribution is -2.42. The molecular formula is C10H19N3O5. The van der Waals surface area contributed by atoms with Crippen LogP contribution < -0.4 is 0 Å². The Morgan fingerprint density at radius 1 is 1.17 bits per heavy atom. The van der Waals surface area contributed by atoms with Crippen LogP contribution in [0.2, 0.25) is 0 Å². The quantitative estimate of drug-likeness (QED) is 0.389. The van der Waals surface area contributed by atoms with Crippen molar-refractivity contribution in [3.05, 3.63) is 11.6 Å². The minimum Gasteiger partial charge on any atom is -0.394 e. The minimum atomic E-state index is -1.68. The molecule has 1 aromatic heterocycles. The van der Waals surface area contributed by atoms with Crippen LogP contribution in [-0.4, -0.2) is 65.2 Å². The average molecular weight is 261 g/mol. The van der Waals surface area contributed by atoms with Crippen molar-refractivity contribution in [3.8, 4) is 0 Å². The molecule has 8 heteroatoms. The fraction of sp³-hybridized carbons (Fsp3) is 0.800. The minimum absolute atomic E-state index is 0.0361. The lowest BCUT2D eigenvalue weighted by Gasteiger charge is -2.23. The molecule has 0 bridgehead atoms. The molecule has 0 radical (unpaired) electrons. The SMILES string of the molecule is CCn1nc([C@@H](O)[C@@H](O)[C@H](O)[C@H](O)CO)nc1C. The van der Waals surface area contributed by atoms with Crippen molar-refractivity contribution in [2.45, 2.75) is 44.8 Å². The third-order valence-corrected chi connectivity index (χ3v) is 2.69. The third-order valence-electron chi connectivity index (χ3n) is 2.69. The van der Waals surface area contributed by atoms with Crippen molar-refractivity contribution >= 4 is 0 Å². The van der Waals surface area contributed by atoms with Gasteiger partial charge in [-0.3, -0.25) is 4.68 Å². The molecule has 0 unspecified atom stereocenters. The molecule has 0 amide bonds. The number of hydrogen-bond donors (Lipinski definition) is 5. The summed E-state index contributed by atoms with van der Waals surface area (Å²) in [6.45, 7) is 3.38. The second kappa shape index (κ2) is 6.21. The van der Waals surface area contributed by atoms with E-state index in [1.54, 1.807) is 6.92 Å². The van der Waals surface area contributed by atoms with E-state index in [1.807, 2.05) is 6.92 Å². The van der Waals surface area contributed by atoms with Gasteiger partial charge in [-0.15, -0.1) is 0 Å². The summed E-state index contributed by atoms with van der Waals surface area (Å²) in [5.41, 5.74) is 0. The molecule has 1 heterocycles. The standard InChI is InChI=1S/C10H19N3O5/c1-3-13-5(2)11-10(12-13)9(18)8(17)7(16)6(15)4-14/h6-9,14-18H,3-4H2,1-2H3/t6-,7-,8+,9+/m1/s1. The van der Waals surface area contributed by atoms with E-state index in [2.05, 4.69) is 10.1 Å². The van der Waals surface area contributed by atoms with Crippen molar-refractivity contribution in [2.24, 2.45) is 0 Å². The summed E-state index contributed by atoms with van der Waals surface area (Å²) in [5, 5.41) is 50.7. The van der Waals surface area contributed by atoms with Crippen LogP contribution in [0, 0.1) is 6.92 Å². The number of aryl methyl sites for hydroxylation is 2. The molecule has 0 aromatic carbocycles. The Kier molecular flexibility index (Phi) is 5.17. The van der Waals surface area contributed by atoms with Gasteiger partial charge < -0.3 is 25.5 Å². The van der Waals surface area contributed by atoms with Gasteiger partial charge in [-0.1, -0.05) is 0 Å². The van der Waals surface area contributed by atoms with E-state index in [0.717, 1.165) is 0 Å². The highest BCUT2D eigenvalue weighted by Crippen LogP contribution is 2.17. The Balaban J connectivity index is 2.82. The van der Waals surface area contributed by atoms with Gasteiger partial charge >= 0.3 is 0 Å². The number of aliphatic hydroxyl groups excluding tert-OH is 5. The summed E-state index contributed by atoms with van der Waals surface area (Å²) < 4.78 is 1.53. The first-order chi connectivity index (χ1) is 8.42. The van der Waals surface area contributed by atoms with E-state index in [1.165, 1.54) is 4.68 Å². The summed E-state index contributed by atoms with van der Waals surface area (Å²) in [7, 11) is 0. The van der Waals surface area contributed by atoms with Crippen LogP contribution in [0.1, 0.15) is 24.7 Å². The van der Waals surface area contributed by atoms with Gasteiger partial charge in [0.1, 0.15) is 30.2 Å². The largest absolute Gasteiger partial charge is 0.394 e. The van der Waals surface area contributed by atoms with E-state index in [-0.39, 0.29) is 5.82 Å². The van der Waals surface area contributed by atoms with Crippen LogP contribution in [0.5, 0.6) is 0 Å². The summed E-state index contributed by atoms with van der Waals surface area (Å²) in [5.74, 6) is 0.530. The second-order valence-electron chi connectivity index (χ2n) is 4.01. The van der Waals surface area contributed by atoms with E-state index < -0.39 is 31.0 Å². The fourth-order valence-electron chi connectivity index (χ4n) is 1.54. The lowest BCUT2D eigenvalue weighted by molar-refractivity contribution is -0.118. The first kappa shape index (κ1) is 15.0. The van der Waals surface area contributed by atoms with Crippen molar-refractivity contribution < 1.29 is 25.5 Å². The van der Waals surface area contributed by atoms with Crippen molar-refractivity contribution in [1.29, 1.82) is 0 Å². The van der Waals surface area contributed by atoms with Crippen LogP contribution in [-0.2, 0) is 6.54 Å². The first-order valence-corrected chi connectivity index (χ1v) is 5.66. The van der Waals surface area contributed by atoms with Crippen molar-refractivity contribution in [1.82, 2.24) is 14.8 Å². The molecule has 0 aliphatic rings.